The second-order valence-electron chi connectivity index (χ2n) is 6.59. The minimum absolute atomic E-state index is 0.0167. The summed E-state index contributed by atoms with van der Waals surface area (Å²) in [7, 11) is 1.42. The van der Waals surface area contributed by atoms with E-state index in [2.05, 4.69) is 16.0 Å². The van der Waals surface area contributed by atoms with Crippen LogP contribution in [0, 0.1) is 0 Å². The predicted octanol–water partition coefficient (Wildman–Crippen LogP) is 1.11. The lowest BCUT2D eigenvalue weighted by molar-refractivity contribution is -0.137. The van der Waals surface area contributed by atoms with Crippen molar-refractivity contribution in [2.45, 2.75) is 12.6 Å². The highest BCUT2D eigenvalue weighted by atomic mass is 19.4. The Morgan fingerprint density at radius 3 is 2.24 bits per heavy atom. The Labute approximate surface area is 166 Å². The number of imide groups is 1. The fraction of sp³-hybridized carbons (Fsp3) is 0.500. The monoisotopic (exact) mass is 415 g/mol. The lowest BCUT2D eigenvalue weighted by Crippen LogP contribution is -2.49. The number of carbonyl (C=O) groups is 3. The SMILES string of the molecule is CNC(=O)NC(=O)CCN1CCN(CC(=O)Nc2ccccc2C(F)(F)F)CC1. The molecule has 1 fully saturated rings. The zero-order chi connectivity index (χ0) is 21.4. The summed E-state index contributed by atoms with van der Waals surface area (Å²) < 4.78 is 39.0. The second kappa shape index (κ2) is 10.2. The molecule has 1 aromatic rings. The van der Waals surface area contributed by atoms with E-state index in [0.717, 1.165) is 6.07 Å². The number of piperazine rings is 1. The minimum Gasteiger partial charge on any atom is -0.341 e. The summed E-state index contributed by atoms with van der Waals surface area (Å²) in [5, 5.41) is 6.81. The molecule has 1 aromatic carbocycles. The summed E-state index contributed by atoms with van der Waals surface area (Å²) in [6, 6.07) is 4.30. The fourth-order valence-corrected chi connectivity index (χ4v) is 2.91. The first kappa shape index (κ1) is 22.6. The molecule has 0 radical (unpaired) electrons. The predicted molar refractivity (Wildman–Crippen MR) is 100 cm³/mol. The van der Waals surface area contributed by atoms with Gasteiger partial charge in [0.05, 0.1) is 17.8 Å². The Morgan fingerprint density at radius 2 is 1.62 bits per heavy atom. The minimum atomic E-state index is -4.54. The average molecular weight is 415 g/mol. The van der Waals surface area contributed by atoms with Crippen molar-refractivity contribution in [2.75, 3.05) is 51.6 Å². The Balaban J connectivity index is 1.75. The van der Waals surface area contributed by atoms with Crippen LogP contribution in [0.15, 0.2) is 24.3 Å². The van der Waals surface area contributed by atoms with Gasteiger partial charge in [-0.25, -0.2) is 4.79 Å². The van der Waals surface area contributed by atoms with Crippen LogP contribution in [-0.4, -0.2) is 74.0 Å². The van der Waals surface area contributed by atoms with Crippen molar-refractivity contribution in [2.24, 2.45) is 0 Å². The van der Waals surface area contributed by atoms with E-state index >= 15 is 0 Å². The molecule has 0 saturated carbocycles. The molecule has 8 nitrogen and oxygen atoms in total. The number of para-hydroxylation sites is 1. The molecule has 1 saturated heterocycles. The Bertz CT molecular complexity index is 734. The van der Waals surface area contributed by atoms with E-state index in [1.165, 1.54) is 25.2 Å². The summed E-state index contributed by atoms with van der Waals surface area (Å²) in [5.41, 5.74) is -1.14. The molecule has 0 unspecified atom stereocenters. The lowest BCUT2D eigenvalue weighted by Gasteiger charge is -2.34. The number of alkyl halides is 3. The van der Waals surface area contributed by atoms with Crippen LogP contribution in [0.2, 0.25) is 0 Å². The van der Waals surface area contributed by atoms with Gasteiger partial charge in [0, 0.05) is 46.2 Å². The molecule has 1 aliphatic heterocycles. The number of benzene rings is 1. The molecule has 0 aliphatic carbocycles. The smallest absolute Gasteiger partial charge is 0.341 e. The molecule has 0 bridgehead atoms. The number of nitrogens with zero attached hydrogens (tertiary/aromatic N) is 2. The van der Waals surface area contributed by atoms with Crippen molar-refractivity contribution in [3.63, 3.8) is 0 Å². The van der Waals surface area contributed by atoms with E-state index in [-0.39, 0.29) is 24.6 Å². The number of amides is 4. The second-order valence-corrected chi connectivity index (χ2v) is 6.59. The topological polar surface area (TPSA) is 93.8 Å². The molecule has 0 spiro atoms. The maximum Gasteiger partial charge on any atom is 0.418 e. The number of nitrogens with one attached hydrogen (secondary N) is 3. The Morgan fingerprint density at radius 1 is 1.00 bits per heavy atom. The van der Waals surface area contributed by atoms with Crippen molar-refractivity contribution in [3.05, 3.63) is 29.8 Å². The summed E-state index contributed by atoms with van der Waals surface area (Å²) >= 11 is 0. The lowest BCUT2D eigenvalue weighted by atomic mass is 10.1. The normalized spacial score (nSPS) is 15.6. The van der Waals surface area contributed by atoms with Crippen LogP contribution in [0.5, 0.6) is 0 Å². The maximum atomic E-state index is 13.0. The third kappa shape index (κ3) is 7.35. The van der Waals surface area contributed by atoms with Gasteiger partial charge in [-0.05, 0) is 12.1 Å². The van der Waals surface area contributed by atoms with Gasteiger partial charge < -0.3 is 15.5 Å². The summed E-state index contributed by atoms with van der Waals surface area (Å²) in [4.78, 5) is 38.7. The molecule has 1 aliphatic rings. The van der Waals surface area contributed by atoms with Crippen molar-refractivity contribution in [1.29, 1.82) is 0 Å². The van der Waals surface area contributed by atoms with Crippen LogP contribution in [0.4, 0.5) is 23.7 Å². The van der Waals surface area contributed by atoms with Crippen molar-refractivity contribution >= 4 is 23.5 Å². The van der Waals surface area contributed by atoms with Crippen LogP contribution in [0.25, 0.3) is 0 Å². The summed E-state index contributed by atoms with van der Waals surface area (Å²) in [6.45, 7) is 2.77. The van der Waals surface area contributed by atoms with Gasteiger partial charge in [-0.1, -0.05) is 12.1 Å². The third-order valence-corrected chi connectivity index (χ3v) is 4.47. The molecule has 2 rings (SSSR count). The van der Waals surface area contributed by atoms with Crippen LogP contribution in [0.3, 0.4) is 0 Å². The zero-order valence-electron chi connectivity index (χ0n) is 16.0. The standard InChI is InChI=1S/C18H24F3N5O3/c1-22-17(29)24-15(27)6-7-25-8-10-26(11-9-25)12-16(28)23-14-5-3-2-4-13(14)18(19,20)21/h2-5H,6-12H2,1H3,(H,23,28)(H2,22,24,27,29). The van der Waals surface area contributed by atoms with E-state index in [0.29, 0.717) is 32.7 Å². The quantitative estimate of drug-likeness (QED) is 0.647. The fourth-order valence-electron chi connectivity index (χ4n) is 2.91. The van der Waals surface area contributed by atoms with Gasteiger partial charge in [0.1, 0.15) is 0 Å². The molecule has 160 valence electrons. The largest absolute Gasteiger partial charge is 0.418 e. The van der Waals surface area contributed by atoms with Gasteiger partial charge in [0.15, 0.2) is 0 Å². The first-order valence-corrected chi connectivity index (χ1v) is 9.11. The van der Waals surface area contributed by atoms with Gasteiger partial charge in [0.25, 0.3) is 0 Å². The number of carbonyl (C=O) groups excluding carboxylic acids is 3. The van der Waals surface area contributed by atoms with E-state index in [1.807, 2.05) is 9.80 Å². The number of rotatable bonds is 6. The van der Waals surface area contributed by atoms with Crippen molar-refractivity contribution in [3.8, 4) is 0 Å². The number of urea groups is 1. The van der Waals surface area contributed by atoms with Gasteiger partial charge in [-0.2, -0.15) is 13.2 Å². The molecular formula is C18H24F3N5O3. The number of halogens is 3. The van der Waals surface area contributed by atoms with E-state index in [9.17, 15) is 27.6 Å². The first-order valence-electron chi connectivity index (χ1n) is 9.11. The third-order valence-electron chi connectivity index (χ3n) is 4.47. The molecule has 29 heavy (non-hydrogen) atoms. The number of hydrogen-bond donors (Lipinski definition) is 3. The summed E-state index contributed by atoms with van der Waals surface area (Å²) in [6.07, 6.45) is -4.37. The zero-order valence-corrected chi connectivity index (χ0v) is 16.0. The van der Waals surface area contributed by atoms with Gasteiger partial charge in [-0.15, -0.1) is 0 Å². The Kier molecular flexibility index (Phi) is 7.97. The molecule has 3 N–H and O–H groups in total. The molecule has 0 atom stereocenters. The molecule has 11 heteroatoms. The van der Waals surface area contributed by atoms with Crippen LogP contribution >= 0.6 is 0 Å². The van der Waals surface area contributed by atoms with Crippen LogP contribution in [-0.2, 0) is 15.8 Å². The molecule has 4 amide bonds. The summed E-state index contributed by atoms with van der Waals surface area (Å²) in [5.74, 6) is -0.894. The highest BCUT2D eigenvalue weighted by Gasteiger charge is 2.33. The average Bonchev–Trinajstić information content (AvgIpc) is 2.67. The van der Waals surface area contributed by atoms with E-state index < -0.39 is 23.7 Å². The van der Waals surface area contributed by atoms with Crippen LogP contribution in [0.1, 0.15) is 12.0 Å². The number of anilines is 1. The van der Waals surface area contributed by atoms with Crippen molar-refractivity contribution in [1.82, 2.24) is 20.4 Å². The molecular weight excluding hydrogens is 391 g/mol. The highest BCUT2D eigenvalue weighted by Crippen LogP contribution is 2.34. The van der Waals surface area contributed by atoms with Crippen LogP contribution < -0.4 is 16.0 Å². The van der Waals surface area contributed by atoms with Gasteiger partial charge in [0.2, 0.25) is 11.8 Å². The molecule has 1 heterocycles. The molecule has 0 aromatic heterocycles. The van der Waals surface area contributed by atoms with E-state index in [1.54, 1.807) is 0 Å². The van der Waals surface area contributed by atoms with Crippen molar-refractivity contribution < 1.29 is 27.6 Å². The van der Waals surface area contributed by atoms with E-state index in [4.69, 9.17) is 0 Å². The van der Waals surface area contributed by atoms with Gasteiger partial charge >= 0.3 is 12.2 Å². The maximum absolute atomic E-state index is 13.0. The highest BCUT2D eigenvalue weighted by molar-refractivity contribution is 5.94. The number of hydrogen-bond acceptors (Lipinski definition) is 5. The van der Waals surface area contributed by atoms with Gasteiger partial charge in [-0.3, -0.25) is 19.8 Å². The first-order chi connectivity index (χ1) is 13.7. The Hall–Kier alpha value is -2.66.